The zero-order valence-corrected chi connectivity index (χ0v) is 18.0. The van der Waals surface area contributed by atoms with E-state index in [2.05, 4.69) is 11.7 Å². The van der Waals surface area contributed by atoms with Gasteiger partial charge in [-0.3, -0.25) is 0 Å². The van der Waals surface area contributed by atoms with Gasteiger partial charge in [-0.2, -0.15) is 0 Å². The van der Waals surface area contributed by atoms with Crippen molar-refractivity contribution in [1.29, 1.82) is 0 Å². The highest BCUT2D eigenvalue weighted by Crippen LogP contribution is 2.33. The van der Waals surface area contributed by atoms with E-state index in [0.717, 1.165) is 19.3 Å². The second-order valence-corrected chi connectivity index (χ2v) is 8.28. The summed E-state index contributed by atoms with van der Waals surface area (Å²) in [6, 6.07) is 0. The fourth-order valence-electron chi connectivity index (χ4n) is 3.80. The maximum absolute atomic E-state index is 11.6. The van der Waals surface area contributed by atoms with E-state index in [4.69, 9.17) is 9.47 Å². The molecular formula is C22H42O5. The Labute approximate surface area is 166 Å². The molecule has 0 aliphatic carbocycles. The van der Waals surface area contributed by atoms with Gasteiger partial charge >= 0.3 is 5.97 Å². The van der Waals surface area contributed by atoms with Gasteiger partial charge in [0.2, 0.25) is 0 Å². The second-order valence-electron chi connectivity index (χ2n) is 8.28. The number of aliphatic hydroxyl groups excluding tert-OH is 1. The van der Waals surface area contributed by atoms with Crippen LogP contribution in [0.3, 0.4) is 0 Å². The van der Waals surface area contributed by atoms with Crippen molar-refractivity contribution < 1.29 is 24.1 Å². The summed E-state index contributed by atoms with van der Waals surface area (Å²) in [4.78, 5) is 11.6. The molecule has 160 valence electrons. The van der Waals surface area contributed by atoms with E-state index in [9.17, 15) is 9.90 Å². The third-order valence-electron chi connectivity index (χ3n) is 5.32. The number of methoxy groups -OCH3 is 1. The SMILES string of the molecule is CCCCCCCCCCCCCC[C@@H]1OC(C)(C)O[C@H]1[C@H](O)C(=O)OC. The van der Waals surface area contributed by atoms with Crippen molar-refractivity contribution in [2.45, 2.75) is 128 Å². The second kappa shape index (κ2) is 13.5. The molecule has 5 heteroatoms. The van der Waals surface area contributed by atoms with Gasteiger partial charge in [0.15, 0.2) is 11.9 Å². The molecule has 0 aromatic carbocycles. The van der Waals surface area contributed by atoms with Crippen LogP contribution in [0.4, 0.5) is 0 Å². The summed E-state index contributed by atoms with van der Waals surface area (Å²) >= 11 is 0. The number of unbranched alkanes of at least 4 members (excludes halogenated alkanes) is 11. The van der Waals surface area contributed by atoms with Gasteiger partial charge in [0.1, 0.15) is 6.10 Å². The molecule has 1 N–H and O–H groups in total. The minimum Gasteiger partial charge on any atom is -0.467 e. The van der Waals surface area contributed by atoms with Crippen LogP contribution in [0.2, 0.25) is 0 Å². The Bertz CT molecular complexity index is 396. The van der Waals surface area contributed by atoms with Crippen LogP contribution in [0, 0.1) is 0 Å². The lowest BCUT2D eigenvalue weighted by Crippen LogP contribution is -2.41. The molecule has 1 aliphatic rings. The monoisotopic (exact) mass is 386 g/mol. The summed E-state index contributed by atoms with van der Waals surface area (Å²) in [5.74, 6) is -1.44. The predicted molar refractivity (Wildman–Crippen MR) is 108 cm³/mol. The number of carbonyl (C=O) groups excluding carboxylic acids is 1. The quantitative estimate of drug-likeness (QED) is 0.312. The first kappa shape index (κ1) is 24.4. The topological polar surface area (TPSA) is 65.0 Å². The van der Waals surface area contributed by atoms with Crippen LogP contribution in [-0.2, 0) is 19.0 Å². The highest BCUT2D eigenvalue weighted by molar-refractivity contribution is 5.75. The summed E-state index contributed by atoms with van der Waals surface area (Å²) in [5, 5.41) is 10.1. The molecule has 1 aliphatic heterocycles. The van der Waals surface area contributed by atoms with Crippen molar-refractivity contribution in [2.24, 2.45) is 0 Å². The van der Waals surface area contributed by atoms with Crippen LogP contribution < -0.4 is 0 Å². The Morgan fingerprint density at radius 2 is 1.41 bits per heavy atom. The van der Waals surface area contributed by atoms with E-state index in [1.807, 2.05) is 13.8 Å². The Morgan fingerprint density at radius 1 is 0.926 bits per heavy atom. The Hall–Kier alpha value is -0.650. The zero-order valence-electron chi connectivity index (χ0n) is 18.0. The molecule has 0 aromatic rings. The lowest BCUT2D eigenvalue weighted by molar-refractivity contribution is -0.170. The summed E-state index contributed by atoms with van der Waals surface area (Å²) in [6.07, 6.45) is 14.2. The van der Waals surface area contributed by atoms with Gasteiger partial charge in [-0.1, -0.05) is 84.0 Å². The zero-order chi connectivity index (χ0) is 20.1. The molecule has 1 heterocycles. The molecule has 5 nitrogen and oxygen atoms in total. The van der Waals surface area contributed by atoms with E-state index >= 15 is 0 Å². The number of hydrogen-bond donors (Lipinski definition) is 1. The molecule has 1 saturated heterocycles. The van der Waals surface area contributed by atoms with E-state index in [0.29, 0.717) is 0 Å². The van der Waals surface area contributed by atoms with Crippen molar-refractivity contribution in [3.05, 3.63) is 0 Å². The van der Waals surface area contributed by atoms with Crippen molar-refractivity contribution in [3.8, 4) is 0 Å². The Morgan fingerprint density at radius 3 is 1.89 bits per heavy atom. The van der Waals surface area contributed by atoms with Crippen molar-refractivity contribution in [3.63, 3.8) is 0 Å². The Kier molecular flexibility index (Phi) is 12.2. The van der Waals surface area contributed by atoms with Gasteiger partial charge < -0.3 is 19.3 Å². The van der Waals surface area contributed by atoms with Gasteiger partial charge in [0.05, 0.1) is 13.2 Å². The van der Waals surface area contributed by atoms with Crippen LogP contribution in [-0.4, -0.2) is 42.3 Å². The fraction of sp³-hybridized carbons (Fsp3) is 0.955. The fourth-order valence-corrected chi connectivity index (χ4v) is 3.80. The maximum Gasteiger partial charge on any atom is 0.337 e. The van der Waals surface area contributed by atoms with Crippen molar-refractivity contribution in [1.82, 2.24) is 0 Å². The van der Waals surface area contributed by atoms with E-state index in [-0.39, 0.29) is 6.10 Å². The summed E-state index contributed by atoms with van der Waals surface area (Å²) in [7, 11) is 1.27. The number of carbonyl (C=O) groups is 1. The Balaban J connectivity index is 2.11. The summed E-state index contributed by atoms with van der Waals surface area (Å²) < 4.78 is 16.3. The minimum atomic E-state index is -1.29. The molecule has 0 saturated carbocycles. The number of hydrogen-bond acceptors (Lipinski definition) is 5. The molecule has 0 amide bonds. The van der Waals surface area contributed by atoms with Crippen molar-refractivity contribution in [2.75, 3.05) is 7.11 Å². The van der Waals surface area contributed by atoms with Crippen LogP contribution in [0.5, 0.6) is 0 Å². The molecule has 0 bridgehead atoms. The highest BCUT2D eigenvalue weighted by Gasteiger charge is 2.46. The molecule has 0 radical (unpaired) electrons. The van der Waals surface area contributed by atoms with Gasteiger partial charge in [-0.05, 0) is 20.3 Å². The molecule has 3 atom stereocenters. The first-order valence-corrected chi connectivity index (χ1v) is 11.0. The van der Waals surface area contributed by atoms with Gasteiger partial charge in [0.25, 0.3) is 0 Å². The standard InChI is InChI=1S/C22H42O5/c1-5-6-7-8-9-10-11-12-13-14-15-16-17-18-20(19(23)21(24)25-4)27-22(2,3)26-18/h18-20,23H,5-17H2,1-4H3/t18-,19-,20+/m0/s1. The molecule has 27 heavy (non-hydrogen) atoms. The molecule has 0 spiro atoms. The van der Waals surface area contributed by atoms with Crippen LogP contribution in [0.15, 0.2) is 0 Å². The van der Waals surface area contributed by atoms with Crippen LogP contribution in [0.1, 0.15) is 104 Å². The summed E-state index contributed by atoms with van der Waals surface area (Å²) in [6.45, 7) is 5.88. The van der Waals surface area contributed by atoms with E-state index < -0.39 is 24.0 Å². The lowest BCUT2D eigenvalue weighted by atomic mass is 10.0. The van der Waals surface area contributed by atoms with Crippen LogP contribution >= 0.6 is 0 Å². The van der Waals surface area contributed by atoms with Crippen LogP contribution in [0.25, 0.3) is 0 Å². The average molecular weight is 387 g/mol. The largest absolute Gasteiger partial charge is 0.467 e. The van der Waals surface area contributed by atoms with E-state index in [1.54, 1.807) is 0 Å². The number of aliphatic hydroxyl groups is 1. The number of esters is 1. The average Bonchev–Trinajstić information content (AvgIpc) is 2.95. The molecule has 1 rings (SSSR count). The van der Waals surface area contributed by atoms with Gasteiger partial charge in [-0.15, -0.1) is 0 Å². The highest BCUT2D eigenvalue weighted by atomic mass is 16.8. The number of ether oxygens (including phenoxy) is 3. The molecular weight excluding hydrogens is 344 g/mol. The number of rotatable bonds is 15. The maximum atomic E-state index is 11.6. The first-order valence-electron chi connectivity index (χ1n) is 11.0. The molecule has 0 unspecified atom stereocenters. The minimum absolute atomic E-state index is 0.266. The summed E-state index contributed by atoms with van der Waals surface area (Å²) in [5.41, 5.74) is 0. The predicted octanol–water partition coefficient (Wildman–Crippen LogP) is 5.13. The lowest BCUT2D eigenvalue weighted by Gasteiger charge is -2.20. The third kappa shape index (κ3) is 9.91. The molecule has 1 fully saturated rings. The van der Waals surface area contributed by atoms with Gasteiger partial charge in [-0.25, -0.2) is 4.79 Å². The normalized spacial score (nSPS) is 22.7. The smallest absolute Gasteiger partial charge is 0.337 e. The van der Waals surface area contributed by atoms with Crippen molar-refractivity contribution >= 4 is 5.97 Å². The van der Waals surface area contributed by atoms with Gasteiger partial charge in [0, 0.05) is 0 Å². The molecule has 0 aromatic heterocycles. The van der Waals surface area contributed by atoms with E-state index in [1.165, 1.54) is 71.3 Å². The third-order valence-corrected chi connectivity index (χ3v) is 5.32. The first-order chi connectivity index (χ1) is 12.9.